The number of aldehydes is 1. The molecule has 3 aromatic rings. The molecule has 0 aliphatic heterocycles. The van der Waals surface area contributed by atoms with Crippen LogP contribution in [0, 0.1) is 0 Å². The van der Waals surface area contributed by atoms with Gasteiger partial charge in [0, 0.05) is 11.8 Å². The molecule has 4 heteroatoms. The van der Waals surface area contributed by atoms with Crippen molar-refractivity contribution in [3.63, 3.8) is 0 Å². The number of hydrogen-bond acceptors (Lipinski definition) is 3. The van der Waals surface area contributed by atoms with E-state index >= 15 is 0 Å². The Balaban J connectivity index is 1.72. The molecule has 104 valence electrons. The number of ether oxygens (including phenoxy) is 1. The van der Waals surface area contributed by atoms with Gasteiger partial charge in [0.15, 0.2) is 6.29 Å². The zero-order valence-electron chi connectivity index (χ0n) is 11.3. The molecular weight excluding hydrogens is 264 g/mol. The average Bonchev–Trinajstić information content (AvgIpc) is 3.03. The molecule has 0 atom stereocenters. The lowest BCUT2D eigenvalue weighted by atomic mass is 10.2. The standard InChI is InChI=1S/C17H14N2O2/c20-12-15-6-4-5-9-17(15)21-13-14-10-18-19(11-14)16-7-2-1-3-8-16/h1-12H,13H2. The van der Waals surface area contributed by atoms with Gasteiger partial charge < -0.3 is 4.74 Å². The van der Waals surface area contributed by atoms with Crippen molar-refractivity contribution in [3.8, 4) is 11.4 Å². The van der Waals surface area contributed by atoms with Crippen molar-refractivity contribution in [1.29, 1.82) is 0 Å². The number of aromatic nitrogens is 2. The smallest absolute Gasteiger partial charge is 0.153 e. The van der Waals surface area contributed by atoms with Crippen LogP contribution >= 0.6 is 0 Å². The Bertz CT molecular complexity index is 735. The molecule has 2 aromatic carbocycles. The third-order valence-electron chi connectivity index (χ3n) is 3.10. The van der Waals surface area contributed by atoms with Crippen LogP contribution in [-0.4, -0.2) is 16.1 Å². The summed E-state index contributed by atoms with van der Waals surface area (Å²) >= 11 is 0. The number of carbonyl (C=O) groups excluding carboxylic acids is 1. The summed E-state index contributed by atoms with van der Waals surface area (Å²) in [6.07, 6.45) is 4.47. The first-order valence-corrected chi connectivity index (χ1v) is 6.63. The van der Waals surface area contributed by atoms with Crippen molar-refractivity contribution < 1.29 is 9.53 Å². The third kappa shape index (κ3) is 3.00. The maximum Gasteiger partial charge on any atom is 0.153 e. The van der Waals surface area contributed by atoms with Crippen molar-refractivity contribution in [2.75, 3.05) is 0 Å². The molecule has 0 saturated heterocycles. The zero-order chi connectivity index (χ0) is 14.5. The first kappa shape index (κ1) is 13.1. The Morgan fingerprint density at radius 2 is 1.81 bits per heavy atom. The molecule has 1 aromatic heterocycles. The lowest BCUT2D eigenvalue weighted by Crippen LogP contribution is -1.97. The van der Waals surface area contributed by atoms with Crippen LogP contribution in [-0.2, 0) is 6.61 Å². The molecular formula is C17H14N2O2. The van der Waals surface area contributed by atoms with Crippen molar-refractivity contribution in [2.45, 2.75) is 6.61 Å². The topological polar surface area (TPSA) is 44.1 Å². The summed E-state index contributed by atoms with van der Waals surface area (Å²) in [4.78, 5) is 10.9. The van der Waals surface area contributed by atoms with Gasteiger partial charge in [-0.15, -0.1) is 0 Å². The zero-order valence-corrected chi connectivity index (χ0v) is 11.3. The van der Waals surface area contributed by atoms with E-state index < -0.39 is 0 Å². The fourth-order valence-corrected chi connectivity index (χ4v) is 2.03. The van der Waals surface area contributed by atoms with Crippen LogP contribution in [0.25, 0.3) is 5.69 Å². The molecule has 0 saturated carbocycles. The molecule has 1 heterocycles. The minimum atomic E-state index is 0.373. The van der Waals surface area contributed by atoms with Gasteiger partial charge in [-0.05, 0) is 24.3 Å². The van der Waals surface area contributed by atoms with E-state index in [4.69, 9.17) is 4.74 Å². The molecule has 0 bridgehead atoms. The van der Waals surface area contributed by atoms with Gasteiger partial charge >= 0.3 is 0 Å². The van der Waals surface area contributed by atoms with E-state index in [1.807, 2.05) is 48.7 Å². The summed E-state index contributed by atoms with van der Waals surface area (Å²) in [5.74, 6) is 0.583. The molecule has 0 fully saturated rings. The predicted molar refractivity (Wildman–Crippen MR) is 79.7 cm³/mol. The fraction of sp³-hybridized carbons (Fsp3) is 0.0588. The average molecular weight is 278 g/mol. The quantitative estimate of drug-likeness (QED) is 0.673. The molecule has 3 rings (SSSR count). The van der Waals surface area contributed by atoms with Gasteiger partial charge in [0.05, 0.1) is 17.4 Å². The Morgan fingerprint density at radius 3 is 2.62 bits per heavy atom. The van der Waals surface area contributed by atoms with Crippen LogP contribution in [0.15, 0.2) is 67.0 Å². The van der Waals surface area contributed by atoms with E-state index in [1.54, 1.807) is 23.0 Å². The maximum atomic E-state index is 10.9. The predicted octanol–water partition coefficient (Wildman–Crippen LogP) is 3.26. The van der Waals surface area contributed by atoms with E-state index in [-0.39, 0.29) is 0 Å². The molecule has 0 radical (unpaired) electrons. The number of hydrogen-bond donors (Lipinski definition) is 0. The molecule has 0 amide bonds. The third-order valence-corrected chi connectivity index (χ3v) is 3.10. The SMILES string of the molecule is O=Cc1ccccc1OCc1cnn(-c2ccccc2)c1. The van der Waals surface area contributed by atoms with Crippen LogP contribution in [0.1, 0.15) is 15.9 Å². The highest BCUT2D eigenvalue weighted by molar-refractivity contribution is 5.79. The molecule has 0 spiro atoms. The van der Waals surface area contributed by atoms with Crippen molar-refractivity contribution in [2.24, 2.45) is 0 Å². The van der Waals surface area contributed by atoms with Crippen LogP contribution < -0.4 is 4.74 Å². The number of carbonyl (C=O) groups is 1. The van der Waals surface area contributed by atoms with Gasteiger partial charge in [-0.25, -0.2) is 4.68 Å². The second-order valence-corrected chi connectivity index (χ2v) is 4.57. The summed E-state index contributed by atoms with van der Waals surface area (Å²) in [7, 11) is 0. The first-order valence-electron chi connectivity index (χ1n) is 6.63. The van der Waals surface area contributed by atoms with Gasteiger partial charge in [-0.2, -0.15) is 5.10 Å². The minimum absolute atomic E-state index is 0.373. The lowest BCUT2D eigenvalue weighted by Gasteiger charge is -2.06. The van der Waals surface area contributed by atoms with Gasteiger partial charge in [0.2, 0.25) is 0 Å². The van der Waals surface area contributed by atoms with E-state index in [1.165, 1.54) is 0 Å². The van der Waals surface area contributed by atoms with Crippen molar-refractivity contribution in [1.82, 2.24) is 9.78 Å². The second-order valence-electron chi connectivity index (χ2n) is 4.57. The molecule has 0 unspecified atom stereocenters. The van der Waals surface area contributed by atoms with Crippen molar-refractivity contribution in [3.05, 3.63) is 78.1 Å². The molecule has 21 heavy (non-hydrogen) atoms. The van der Waals surface area contributed by atoms with Crippen LogP contribution in [0.5, 0.6) is 5.75 Å². The molecule has 0 N–H and O–H groups in total. The van der Waals surface area contributed by atoms with Gasteiger partial charge in [-0.1, -0.05) is 30.3 Å². The number of benzene rings is 2. The van der Waals surface area contributed by atoms with Crippen LogP contribution in [0.2, 0.25) is 0 Å². The van der Waals surface area contributed by atoms with Crippen molar-refractivity contribution >= 4 is 6.29 Å². The Kier molecular flexibility index (Phi) is 3.78. The number of para-hydroxylation sites is 2. The molecule has 0 aliphatic carbocycles. The number of rotatable bonds is 5. The van der Waals surface area contributed by atoms with Crippen LogP contribution in [0.3, 0.4) is 0 Å². The first-order chi connectivity index (χ1) is 10.4. The van der Waals surface area contributed by atoms with Gasteiger partial charge in [0.25, 0.3) is 0 Å². The highest BCUT2D eigenvalue weighted by atomic mass is 16.5. The maximum absolute atomic E-state index is 10.9. The normalized spacial score (nSPS) is 10.3. The molecule has 4 nitrogen and oxygen atoms in total. The highest BCUT2D eigenvalue weighted by Gasteiger charge is 2.04. The highest BCUT2D eigenvalue weighted by Crippen LogP contribution is 2.17. The minimum Gasteiger partial charge on any atom is -0.488 e. The van der Waals surface area contributed by atoms with E-state index in [0.717, 1.165) is 17.5 Å². The summed E-state index contributed by atoms with van der Waals surface area (Å²) in [6.45, 7) is 0.373. The summed E-state index contributed by atoms with van der Waals surface area (Å²) < 4.78 is 7.47. The monoisotopic (exact) mass is 278 g/mol. The summed E-state index contributed by atoms with van der Waals surface area (Å²) in [5.41, 5.74) is 2.49. The van der Waals surface area contributed by atoms with Crippen LogP contribution in [0.4, 0.5) is 0 Å². The van der Waals surface area contributed by atoms with E-state index in [2.05, 4.69) is 5.10 Å². The molecule has 0 aliphatic rings. The Labute approximate surface area is 122 Å². The number of nitrogens with zero attached hydrogens (tertiary/aromatic N) is 2. The fourth-order valence-electron chi connectivity index (χ4n) is 2.03. The lowest BCUT2D eigenvalue weighted by molar-refractivity contribution is 0.111. The summed E-state index contributed by atoms with van der Waals surface area (Å²) in [5, 5.41) is 4.31. The second kappa shape index (κ2) is 6.05. The van der Waals surface area contributed by atoms with E-state index in [9.17, 15) is 4.79 Å². The summed E-state index contributed by atoms with van der Waals surface area (Å²) in [6, 6.07) is 17.0. The Morgan fingerprint density at radius 1 is 1.05 bits per heavy atom. The van der Waals surface area contributed by atoms with Gasteiger partial charge in [-0.3, -0.25) is 4.79 Å². The Hall–Kier alpha value is -2.88. The largest absolute Gasteiger partial charge is 0.488 e. The van der Waals surface area contributed by atoms with Gasteiger partial charge in [0.1, 0.15) is 12.4 Å². The van der Waals surface area contributed by atoms with E-state index in [0.29, 0.717) is 17.9 Å².